The summed E-state index contributed by atoms with van der Waals surface area (Å²) >= 11 is 0. The summed E-state index contributed by atoms with van der Waals surface area (Å²) in [5.41, 5.74) is 0.451. The van der Waals surface area contributed by atoms with Crippen LogP contribution in [0.15, 0.2) is 73.0 Å². The maximum Gasteiger partial charge on any atom is 0.197 e. The molecule has 1 saturated carbocycles. The average Bonchev–Trinajstić information content (AvgIpc) is 2.99. The van der Waals surface area contributed by atoms with Gasteiger partial charge in [-0.3, -0.25) is 9.59 Å². The lowest BCUT2D eigenvalue weighted by molar-refractivity contribution is 0.0547. The molecule has 0 radical (unpaired) electrons. The van der Waals surface area contributed by atoms with Crippen molar-refractivity contribution in [2.24, 2.45) is 0 Å². The van der Waals surface area contributed by atoms with Crippen LogP contribution in [0.5, 0.6) is 28.7 Å². The minimum Gasteiger partial charge on any atom is -0.508 e. The van der Waals surface area contributed by atoms with Gasteiger partial charge in [-0.15, -0.1) is 0 Å². The fourth-order valence-electron chi connectivity index (χ4n) is 6.19. The third-order valence-electron chi connectivity index (χ3n) is 8.26. The molecule has 43 heavy (non-hydrogen) atoms. The molecule has 10 nitrogen and oxygen atoms in total. The van der Waals surface area contributed by atoms with E-state index < -0.39 is 22.7 Å². The lowest BCUT2D eigenvalue weighted by Gasteiger charge is -2.36. The van der Waals surface area contributed by atoms with E-state index in [2.05, 4.69) is 0 Å². The molecule has 5 aromatic rings. The van der Waals surface area contributed by atoms with Crippen LogP contribution in [-0.2, 0) is 4.74 Å². The van der Waals surface area contributed by atoms with Gasteiger partial charge in [-0.05, 0) is 43.5 Å². The Hall–Kier alpha value is -4.96. The molecular formula is C33H30O10. The van der Waals surface area contributed by atoms with Crippen molar-refractivity contribution in [3.8, 4) is 40.1 Å². The zero-order chi connectivity index (χ0) is 30.4. The van der Waals surface area contributed by atoms with Crippen LogP contribution in [0, 0.1) is 0 Å². The monoisotopic (exact) mass is 586 g/mol. The van der Waals surface area contributed by atoms with Crippen molar-refractivity contribution < 1.29 is 38.4 Å². The minimum atomic E-state index is -0.461. The van der Waals surface area contributed by atoms with Gasteiger partial charge in [0.25, 0.3) is 0 Å². The molecule has 2 aromatic heterocycles. The molecule has 6 rings (SSSR count). The molecule has 3 aromatic carbocycles. The molecule has 222 valence electrons. The number of fused-ring (bicyclic) bond motifs is 2. The van der Waals surface area contributed by atoms with E-state index in [1.807, 2.05) is 0 Å². The maximum atomic E-state index is 13.5. The maximum absolute atomic E-state index is 13.5. The van der Waals surface area contributed by atoms with Gasteiger partial charge in [0.05, 0.1) is 20.3 Å². The van der Waals surface area contributed by atoms with Crippen LogP contribution in [0.25, 0.3) is 33.3 Å². The highest BCUT2D eigenvalue weighted by molar-refractivity contribution is 5.90. The average molecular weight is 587 g/mol. The van der Waals surface area contributed by atoms with Crippen LogP contribution in [0.2, 0.25) is 0 Å². The van der Waals surface area contributed by atoms with Gasteiger partial charge in [0.15, 0.2) is 10.9 Å². The Morgan fingerprint density at radius 1 is 0.767 bits per heavy atom. The number of hydrogen-bond acceptors (Lipinski definition) is 10. The number of methoxy groups -OCH3 is 3. The highest BCUT2D eigenvalue weighted by Gasteiger charge is 2.39. The molecule has 0 bridgehead atoms. The number of rotatable bonds is 6. The van der Waals surface area contributed by atoms with E-state index >= 15 is 0 Å². The fraction of sp³-hybridized carbons (Fsp3) is 0.273. The number of ether oxygens (including phenoxy) is 3. The third kappa shape index (κ3) is 4.93. The summed E-state index contributed by atoms with van der Waals surface area (Å²) in [4.78, 5) is 26.6. The van der Waals surface area contributed by atoms with Crippen LogP contribution in [0.1, 0.15) is 42.4 Å². The first-order chi connectivity index (χ1) is 20.7. The van der Waals surface area contributed by atoms with Gasteiger partial charge in [0, 0.05) is 60.4 Å². The predicted octanol–water partition coefficient (Wildman–Crippen LogP) is 5.77. The van der Waals surface area contributed by atoms with E-state index in [0.29, 0.717) is 47.6 Å². The molecule has 1 aliphatic carbocycles. The van der Waals surface area contributed by atoms with Crippen molar-refractivity contribution in [2.75, 3.05) is 21.3 Å². The first-order valence-corrected chi connectivity index (χ1v) is 13.8. The summed E-state index contributed by atoms with van der Waals surface area (Å²) < 4.78 is 29.3. The van der Waals surface area contributed by atoms with E-state index in [9.17, 15) is 24.9 Å². The summed E-state index contributed by atoms with van der Waals surface area (Å²) in [6, 6.07) is 13.5. The molecule has 1 aliphatic rings. The summed E-state index contributed by atoms with van der Waals surface area (Å²) in [5, 5.41) is 31.2. The lowest BCUT2D eigenvalue weighted by atomic mass is 9.72. The number of hydrogen-bond donors (Lipinski definition) is 3. The van der Waals surface area contributed by atoms with E-state index in [1.165, 1.54) is 31.4 Å². The molecule has 1 fully saturated rings. The van der Waals surface area contributed by atoms with Crippen LogP contribution >= 0.6 is 0 Å². The fourth-order valence-corrected chi connectivity index (χ4v) is 6.19. The molecular weight excluding hydrogens is 556 g/mol. The van der Waals surface area contributed by atoms with Gasteiger partial charge in [0.1, 0.15) is 62.2 Å². The Balaban J connectivity index is 1.60. The van der Waals surface area contributed by atoms with Crippen molar-refractivity contribution in [1.29, 1.82) is 0 Å². The second kappa shape index (κ2) is 11.0. The van der Waals surface area contributed by atoms with Gasteiger partial charge in [-0.25, -0.2) is 0 Å². The Morgan fingerprint density at radius 3 is 2.19 bits per heavy atom. The number of phenols is 3. The minimum absolute atomic E-state index is 0.00107. The van der Waals surface area contributed by atoms with E-state index in [-0.39, 0.29) is 51.1 Å². The van der Waals surface area contributed by atoms with Gasteiger partial charge >= 0.3 is 0 Å². The topological polar surface area (TPSA) is 149 Å². The van der Waals surface area contributed by atoms with Crippen molar-refractivity contribution in [1.82, 2.24) is 0 Å². The normalized spacial score (nSPS) is 18.6. The predicted molar refractivity (Wildman–Crippen MR) is 159 cm³/mol. The molecule has 0 aliphatic heterocycles. The highest BCUT2D eigenvalue weighted by Crippen LogP contribution is 2.51. The summed E-state index contributed by atoms with van der Waals surface area (Å²) in [6.07, 6.45) is 1.49. The first kappa shape index (κ1) is 28.2. The van der Waals surface area contributed by atoms with Gasteiger partial charge in [-0.1, -0.05) is 0 Å². The summed E-state index contributed by atoms with van der Waals surface area (Å²) in [5.74, 6) is -0.220. The van der Waals surface area contributed by atoms with Crippen LogP contribution in [0.3, 0.4) is 0 Å². The number of phenolic OH excluding ortho intramolecular Hbond substituents is 3. The molecule has 0 spiro atoms. The Morgan fingerprint density at radius 2 is 1.49 bits per heavy atom. The SMILES string of the molecule is COc1ccc(-c2cc(=O)c3c(O)cc(OC)c([C@@H]4C[C@@H](OC)CC[C@H]4c4cc(=O)c5c(O)cc(O)cc5o4)c3o2)cc1. The second-order valence-electron chi connectivity index (χ2n) is 10.7. The molecule has 0 unspecified atom stereocenters. The Bertz CT molecular complexity index is 1950. The van der Waals surface area contributed by atoms with Gasteiger partial charge < -0.3 is 38.4 Å². The van der Waals surface area contributed by atoms with Crippen molar-refractivity contribution in [2.45, 2.75) is 37.2 Å². The Labute approximate surface area is 245 Å². The molecule has 2 heterocycles. The zero-order valence-corrected chi connectivity index (χ0v) is 23.7. The van der Waals surface area contributed by atoms with E-state index in [0.717, 1.165) is 6.07 Å². The molecule has 3 atom stereocenters. The molecule has 0 amide bonds. The van der Waals surface area contributed by atoms with Crippen molar-refractivity contribution in [3.05, 3.63) is 86.4 Å². The summed E-state index contributed by atoms with van der Waals surface area (Å²) in [7, 11) is 4.64. The number of aromatic hydroxyl groups is 3. The standard InChI is InChI=1S/C33H30O10/c1-39-18-6-4-16(5-7-18)26-13-24(37)32-25(38)15-28(41-3)30(33(32)43-26)21-12-19(40-2)8-9-20(21)27-14-23(36)31-22(35)10-17(34)11-29(31)42-27/h4-7,10-11,13-15,19-21,34-35,38H,8-9,12H2,1-3H3/t19-,20+,21+/m0/s1. The molecule has 0 saturated heterocycles. The summed E-state index contributed by atoms with van der Waals surface area (Å²) in [6.45, 7) is 0. The highest BCUT2D eigenvalue weighted by atomic mass is 16.5. The van der Waals surface area contributed by atoms with Gasteiger partial charge in [0.2, 0.25) is 0 Å². The van der Waals surface area contributed by atoms with E-state index in [4.69, 9.17) is 23.0 Å². The smallest absolute Gasteiger partial charge is 0.197 e. The number of benzene rings is 3. The van der Waals surface area contributed by atoms with Crippen molar-refractivity contribution >= 4 is 21.9 Å². The molecule has 3 N–H and O–H groups in total. The largest absolute Gasteiger partial charge is 0.508 e. The second-order valence-corrected chi connectivity index (χ2v) is 10.7. The quantitative estimate of drug-likeness (QED) is 0.224. The van der Waals surface area contributed by atoms with Gasteiger partial charge in [-0.2, -0.15) is 0 Å². The van der Waals surface area contributed by atoms with Crippen LogP contribution in [-0.4, -0.2) is 42.8 Å². The zero-order valence-electron chi connectivity index (χ0n) is 23.7. The third-order valence-corrected chi connectivity index (χ3v) is 8.26. The van der Waals surface area contributed by atoms with Crippen molar-refractivity contribution in [3.63, 3.8) is 0 Å². The first-order valence-electron chi connectivity index (χ1n) is 13.8. The lowest BCUT2D eigenvalue weighted by Crippen LogP contribution is -2.28. The van der Waals surface area contributed by atoms with Crippen LogP contribution < -0.4 is 20.3 Å². The van der Waals surface area contributed by atoms with E-state index in [1.54, 1.807) is 38.5 Å². The molecule has 10 heteroatoms. The van der Waals surface area contributed by atoms with Crippen LogP contribution in [0.4, 0.5) is 0 Å². The Kier molecular flexibility index (Phi) is 7.23.